The van der Waals surface area contributed by atoms with Crippen LogP contribution in [0.1, 0.15) is 69.9 Å². The van der Waals surface area contributed by atoms with Crippen molar-refractivity contribution in [3.63, 3.8) is 0 Å². The van der Waals surface area contributed by atoms with Gasteiger partial charge >= 0.3 is 15.6 Å². The number of unbranched alkanes of at least 4 members (excludes halogenated alkanes) is 2. The zero-order valence-electron chi connectivity index (χ0n) is 33.1. The lowest BCUT2D eigenvalue weighted by Gasteiger charge is -2.32. The van der Waals surface area contributed by atoms with E-state index in [4.69, 9.17) is 36.9 Å². The number of hydrogen-bond acceptors (Lipinski definition) is 10. The second kappa shape index (κ2) is 20.4. The zero-order valence-corrected chi connectivity index (χ0v) is 34.9. The number of aryl methyl sites for hydroxylation is 1. The molecule has 304 valence electrons. The molecule has 0 aliphatic heterocycles. The molecule has 5 aromatic rings. The predicted molar refractivity (Wildman–Crippen MR) is 225 cm³/mol. The fourth-order valence-electron chi connectivity index (χ4n) is 6.60. The molecule has 2 unspecified atom stereocenters. The van der Waals surface area contributed by atoms with Crippen molar-refractivity contribution in [2.45, 2.75) is 65.2 Å². The van der Waals surface area contributed by atoms with E-state index in [-0.39, 0.29) is 29.1 Å². The maximum Gasteiger partial charge on any atom is 0.625 e. The molecule has 0 heterocycles. The fraction of sp³-hybridized carbons (Fsp3) is 0.261. The molecule has 0 amide bonds. The van der Waals surface area contributed by atoms with E-state index in [9.17, 15) is 9.13 Å². The van der Waals surface area contributed by atoms with Crippen molar-refractivity contribution in [2.75, 3.05) is 6.79 Å². The van der Waals surface area contributed by atoms with Crippen LogP contribution in [0.5, 0.6) is 34.5 Å². The number of hydrogen-bond donors (Lipinski definition) is 0. The molecule has 0 fully saturated rings. The Morgan fingerprint density at radius 1 is 0.690 bits per heavy atom. The van der Waals surface area contributed by atoms with Crippen molar-refractivity contribution in [1.29, 1.82) is 0 Å². The van der Waals surface area contributed by atoms with Crippen molar-refractivity contribution in [2.24, 2.45) is 5.92 Å². The summed E-state index contributed by atoms with van der Waals surface area (Å²) in [4.78, 5) is 6.16. The highest BCUT2D eigenvalue weighted by Gasteiger charge is 2.37. The number of rotatable bonds is 21. The lowest BCUT2D eigenvalue weighted by molar-refractivity contribution is -0.120. The third-order valence-electron chi connectivity index (χ3n) is 9.43. The average molecular weight is 825 g/mol. The lowest BCUT2D eigenvalue weighted by atomic mass is 9.73. The Bertz CT molecular complexity index is 2110. The smallest absolute Gasteiger partial charge is 0.466 e. The number of ether oxygens (including phenoxy) is 1. The summed E-state index contributed by atoms with van der Waals surface area (Å²) in [5.41, 5.74) is 3.59. The van der Waals surface area contributed by atoms with Gasteiger partial charge < -0.3 is 27.7 Å². The number of para-hydroxylation sites is 4. The van der Waals surface area contributed by atoms with Gasteiger partial charge in [0.25, 0.3) is 0 Å². The van der Waals surface area contributed by atoms with Crippen LogP contribution < -0.4 is 27.7 Å². The average Bonchev–Trinajstić information content (AvgIpc) is 3.21. The van der Waals surface area contributed by atoms with E-state index in [1.54, 1.807) is 97.1 Å². The minimum Gasteiger partial charge on any atom is -0.466 e. The van der Waals surface area contributed by atoms with Crippen LogP contribution in [-0.2, 0) is 24.7 Å². The van der Waals surface area contributed by atoms with E-state index >= 15 is 0 Å². The Balaban J connectivity index is 1.39. The molecule has 0 spiro atoms. The molecule has 0 saturated carbocycles. The summed E-state index contributed by atoms with van der Waals surface area (Å²) >= 11 is 0. The first-order valence-electron chi connectivity index (χ1n) is 19.4. The van der Waals surface area contributed by atoms with Gasteiger partial charge in [-0.15, -0.1) is 0 Å². The summed E-state index contributed by atoms with van der Waals surface area (Å²) in [6.07, 6.45) is 7.46. The maximum atomic E-state index is 14.5. The summed E-state index contributed by atoms with van der Waals surface area (Å²) in [6.45, 7) is 10.0. The molecule has 58 heavy (non-hydrogen) atoms. The van der Waals surface area contributed by atoms with Gasteiger partial charge in [0.15, 0.2) is 5.75 Å². The van der Waals surface area contributed by atoms with Gasteiger partial charge in [0.05, 0.1) is 0 Å². The molecular weight excluding hydrogens is 774 g/mol. The molecule has 0 radical (unpaired) electrons. The Morgan fingerprint density at radius 2 is 1.17 bits per heavy atom. The van der Waals surface area contributed by atoms with Crippen LogP contribution >= 0.6 is 15.6 Å². The molecule has 0 N–H and O–H groups in total. The topological polar surface area (TPSA) is 108 Å². The molecule has 1 aliphatic carbocycles. The minimum absolute atomic E-state index is 0.0119. The van der Waals surface area contributed by atoms with E-state index < -0.39 is 22.4 Å². The summed E-state index contributed by atoms with van der Waals surface area (Å²) in [7, 11) is -8.80. The van der Waals surface area contributed by atoms with Crippen LogP contribution in [0.25, 0.3) is 0 Å². The van der Waals surface area contributed by atoms with Crippen LogP contribution in [0.3, 0.4) is 0 Å². The maximum absolute atomic E-state index is 14.5. The largest absolute Gasteiger partial charge is 0.625 e. The quantitative estimate of drug-likeness (QED) is 0.0177. The van der Waals surface area contributed by atoms with Crippen molar-refractivity contribution >= 4 is 15.6 Å². The highest BCUT2D eigenvalue weighted by atomic mass is 31.2. The molecule has 6 rings (SSSR count). The van der Waals surface area contributed by atoms with Gasteiger partial charge in [-0.3, -0.25) is 0 Å². The lowest BCUT2D eigenvalue weighted by Crippen LogP contribution is -2.20. The molecule has 0 aromatic heterocycles. The summed E-state index contributed by atoms with van der Waals surface area (Å²) in [5.74, 6) is 1.40. The molecule has 2 atom stereocenters. The molecular formula is C46H50O10P2. The summed E-state index contributed by atoms with van der Waals surface area (Å²) in [6, 6.07) is 38.3. The molecule has 5 aromatic carbocycles. The number of benzene rings is 5. The van der Waals surface area contributed by atoms with Gasteiger partial charge in [0, 0.05) is 11.5 Å². The number of phosphoric acid groups is 2. The Hall–Kier alpha value is -5.24. The molecule has 0 bridgehead atoms. The molecule has 1 aliphatic rings. The first-order chi connectivity index (χ1) is 28.1. The third-order valence-corrected chi connectivity index (χ3v) is 11.8. The van der Waals surface area contributed by atoms with Gasteiger partial charge in [-0.1, -0.05) is 121 Å². The molecule has 0 saturated heterocycles. The van der Waals surface area contributed by atoms with Crippen LogP contribution in [0, 0.1) is 5.92 Å². The SMILES string of the molecule is C=C(C)C1CCC(C)=CC1c1c(OCOP(=O)(Oc2ccccc2)Oc2ccccc2)cc(CCCCC)cc1OOP(=O)(Oc1ccccc1)Oc1ccccc1. The third kappa shape index (κ3) is 12.1. The highest BCUT2D eigenvalue weighted by Crippen LogP contribution is 2.53. The van der Waals surface area contributed by atoms with E-state index in [1.165, 1.54) is 5.57 Å². The van der Waals surface area contributed by atoms with Gasteiger partial charge in [0.1, 0.15) is 28.7 Å². The Labute approximate surface area is 341 Å². The molecule has 10 nitrogen and oxygen atoms in total. The second-order valence-corrected chi connectivity index (χ2v) is 17.0. The van der Waals surface area contributed by atoms with Crippen LogP contribution in [0.2, 0.25) is 0 Å². The van der Waals surface area contributed by atoms with Gasteiger partial charge in [-0.05, 0) is 112 Å². The monoisotopic (exact) mass is 824 g/mol. The van der Waals surface area contributed by atoms with E-state index in [0.717, 1.165) is 43.2 Å². The van der Waals surface area contributed by atoms with Gasteiger partial charge in [0.2, 0.25) is 6.79 Å². The van der Waals surface area contributed by atoms with E-state index in [1.807, 2.05) is 43.3 Å². The van der Waals surface area contributed by atoms with Crippen molar-refractivity contribution in [1.82, 2.24) is 0 Å². The summed E-state index contributed by atoms with van der Waals surface area (Å²) < 4.78 is 70.3. The standard InChI is InChI=1S/C46H50O10P2/c1-5-6-11-20-37-32-44(49-34-50-57(47,52-38-21-12-7-13-22-38)53-39-23-14-8-15-24-39)46(43-31-36(4)29-30-42(43)35(2)3)45(33-37)51-56-58(48,54-40-25-16-9-17-26-40)55-41-27-18-10-19-28-41/h7-10,12-19,21-28,31-33,42-43H,2,5-6,11,20,29-30,34H2,1,3-4H3. The zero-order chi connectivity index (χ0) is 40.8. The second-order valence-electron chi connectivity index (χ2n) is 14.1. The van der Waals surface area contributed by atoms with E-state index in [2.05, 4.69) is 26.5 Å². The number of phosphoric ester groups is 2. The minimum atomic E-state index is -4.49. The van der Waals surface area contributed by atoms with Crippen molar-refractivity contribution < 1.29 is 46.0 Å². The van der Waals surface area contributed by atoms with E-state index in [0.29, 0.717) is 29.2 Å². The van der Waals surface area contributed by atoms with Gasteiger partial charge in [-0.25, -0.2) is 13.7 Å². The fourth-order valence-corrected chi connectivity index (χ4v) is 8.72. The van der Waals surface area contributed by atoms with Crippen molar-refractivity contribution in [3.8, 4) is 34.5 Å². The van der Waals surface area contributed by atoms with Crippen LogP contribution in [0.15, 0.2) is 157 Å². The first kappa shape index (κ1) is 42.4. The normalized spacial score (nSPS) is 15.5. The van der Waals surface area contributed by atoms with Crippen molar-refractivity contribution in [3.05, 3.63) is 168 Å². The Kier molecular flexibility index (Phi) is 14.9. The Morgan fingerprint density at radius 3 is 1.66 bits per heavy atom. The highest BCUT2D eigenvalue weighted by molar-refractivity contribution is 7.49. The molecule has 12 heteroatoms. The van der Waals surface area contributed by atoms with Crippen LogP contribution in [0.4, 0.5) is 0 Å². The number of allylic oxidation sites excluding steroid dienone is 3. The van der Waals surface area contributed by atoms with Crippen LogP contribution in [-0.4, -0.2) is 6.79 Å². The first-order valence-corrected chi connectivity index (χ1v) is 22.4. The summed E-state index contributed by atoms with van der Waals surface area (Å²) in [5, 5.41) is 0. The predicted octanol–water partition coefficient (Wildman–Crippen LogP) is 13.6. The van der Waals surface area contributed by atoms with Gasteiger partial charge in [-0.2, -0.15) is 0 Å².